The Bertz CT molecular complexity index is 701. The van der Waals surface area contributed by atoms with Gasteiger partial charge in [-0.15, -0.1) is 0 Å². The van der Waals surface area contributed by atoms with E-state index in [1.807, 2.05) is 0 Å². The third kappa shape index (κ3) is 3.58. The van der Waals surface area contributed by atoms with Gasteiger partial charge in [-0.05, 0) is 118 Å². The predicted octanol–water partition coefficient (Wildman–Crippen LogP) is 5.47. The van der Waals surface area contributed by atoms with Crippen LogP contribution in [0.15, 0.2) is 0 Å². The fourth-order valence-electron chi connectivity index (χ4n) is 9.42. The number of nitrogens with zero attached hydrogens (tertiary/aromatic N) is 1. The standard InChI is InChI=1S/C27H45NO3/c1-24-13-11-22-20(10-15-27(18-28)17-19(29)9-14-25(22,27)2)21(24)7-8-23(24)26(3,30)12-5-6-16-31-4/h19-23,29-30H,5-17H2,1-4H3. The van der Waals surface area contributed by atoms with E-state index in [9.17, 15) is 15.5 Å². The molecule has 31 heavy (non-hydrogen) atoms. The van der Waals surface area contributed by atoms with Crippen molar-refractivity contribution in [2.45, 2.75) is 110 Å². The lowest BCUT2D eigenvalue weighted by molar-refractivity contribution is -0.165. The minimum atomic E-state index is -0.603. The molecule has 9 unspecified atom stereocenters. The van der Waals surface area contributed by atoms with Crippen molar-refractivity contribution in [3.8, 4) is 6.07 Å². The molecule has 0 radical (unpaired) electrons. The van der Waals surface area contributed by atoms with Gasteiger partial charge in [0.25, 0.3) is 0 Å². The molecule has 4 rings (SSSR count). The van der Waals surface area contributed by atoms with Gasteiger partial charge >= 0.3 is 0 Å². The van der Waals surface area contributed by atoms with Gasteiger partial charge in [-0.25, -0.2) is 0 Å². The number of nitriles is 1. The fraction of sp³-hybridized carbons (Fsp3) is 0.963. The summed E-state index contributed by atoms with van der Waals surface area (Å²) >= 11 is 0. The van der Waals surface area contributed by atoms with Crippen molar-refractivity contribution in [1.29, 1.82) is 5.26 Å². The molecule has 4 heteroatoms. The first-order chi connectivity index (χ1) is 14.6. The largest absolute Gasteiger partial charge is 0.393 e. The van der Waals surface area contributed by atoms with E-state index in [-0.39, 0.29) is 22.3 Å². The first kappa shape index (κ1) is 23.5. The molecule has 4 aliphatic carbocycles. The Balaban J connectivity index is 1.54. The van der Waals surface area contributed by atoms with Crippen LogP contribution in [0.3, 0.4) is 0 Å². The van der Waals surface area contributed by atoms with Gasteiger partial charge in [0.1, 0.15) is 0 Å². The first-order valence-electron chi connectivity index (χ1n) is 12.9. The molecule has 0 spiro atoms. The molecule has 0 aromatic rings. The molecule has 0 amide bonds. The summed E-state index contributed by atoms with van der Waals surface area (Å²) in [5.41, 5.74) is -0.701. The highest BCUT2D eigenvalue weighted by Gasteiger charge is 2.66. The van der Waals surface area contributed by atoms with Gasteiger partial charge in [0.2, 0.25) is 0 Å². The number of hydrogen-bond acceptors (Lipinski definition) is 4. The normalized spacial score (nSPS) is 48.7. The van der Waals surface area contributed by atoms with Crippen molar-refractivity contribution >= 4 is 0 Å². The maximum Gasteiger partial charge on any atom is 0.0696 e. The Kier molecular flexibility index (Phi) is 6.30. The van der Waals surface area contributed by atoms with Crippen molar-refractivity contribution in [3.05, 3.63) is 0 Å². The minimum absolute atomic E-state index is 0.0337. The molecule has 4 aliphatic rings. The van der Waals surface area contributed by atoms with Gasteiger partial charge in [0.05, 0.1) is 23.2 Å². The van der Waals surface area contributed by atoms with Crippen LogP contribution < -0.4 is 0 Å². The van der Waals surface area contributed by atoms with Gasteiger partial charge in [-0.3, -0.25) is 0 Å². The van der Waals surface area contributed by atoms with E-state index in [1.165, 1.54) is 19.3 Å². The quantitative estimate of drug-likeness (QED) is 0.547. The Morgan fingerprint density at radius 3 is 2.52 bits per heavy atom. The van der Waals surface area contributed by atoms with Crippen LogP contribution in [0.25, 0.3) is 0 Å². The van der Waals surface area contributed by atoms with E-state index >= 15 is 0 Å². The minimum Gasteiger partial charge on any atom is -0.393 e. The average Bonchev–Trinajstić information content (AvgIpc) is 3.10. The molecule has 0 bridgehead atoms. The lowest BCUT2D eigenvalue weighted by Gasteiger charge is -2.64. The zero-order chi connectivity index (χ0) is 22.5. The van der Waals surface area contributed by atoms with Gasteiger partial charge in [0.15, 0.2) is 0 Å². The summed E-state index contributed by atoms with van der Waals surface area (Å²) in [5.74, 6) is 2.31. The SMILES string of the molecule is COCCCCC(C)(O)C1CCC2C3CCC4(C#N)CC(O)CCC4(C)C3CCC21C. The van der Waals surface area contributed by atoms with Gasteiger partial charge in [0, 0.05) is 13.7 Å². The Morgan fingerprint density at radius 1 is 1.03 bits per heavy atom. The highest BCUT2D eigenvalue weighted by Crippen LogP contribution is 2.71. The highest BCUT2D eigenvalue weighted by atomic mass is 16.5. The highest BCUT2D eigenvalue weighted by molar-refractivity contribution is 5.20. The van der Waals surface area contributed by atoms with Gasteiger partial charge < -0.3 is 14.9 Å². The number of rotatable bonds is 6. The Labute approximate surface area is 189 Å². The summed E-state index contributed by atoms with van der Waals surface area (Å²) in [6.45, 7) is 7.74. The van der Waals surface area contributed by atoms with Crippen LogP contribution in [-0.2, 0) is 4.74 Å². The topological polar surface area (TPSA) is 73.5 Å². The fourth-order valence-corrected chi connectivity index (χ4v) is 9.42. The van der Waals surface area contributed by atoms with E-state index in [0.29, 0.717) is 30.1 Å². The van der Waals surface area contributed by atoms with E-state index in [1.54, 1.807) is 7.11 Å². The number of unbranched alkanes of at least 4 members (excludes halogenated alkanes) is 1. The third-order valence-corrected chi connectivity index (χ3v) is 11.1. The summed E-state index contributed by atoms with van der Waals surface area (Å²) in [6.07, 6.45) is 11.9. The summed E-state index contributed by atoms with van der Waals surface area (Å²) < 4.78 is 5.20. The van der Waals surface area contributed by atoms with E-state index in [2.05, 4.69) is 26.8 Å². The lowest BCUT2D eigenvalue weighted by Crippen LogP contribution is -2.59. The molecule has 4 saturated carbocycles. The second kappa shape index (κ2) is 8.30. The van der Waals surface area contributed by atoms with Crippen LogP contribution in [-0.4, -0.2) is 35.6 Å². The zero-order valence-corrected chi connectivity index (χ0v) is 20.3. The monoisotopic (exact) mass is 431 g/mol. The number of aliphatic hydroxyl groups excluding tert-OH is 1. The molecule has 2 N–H and O–H groups in total. The summed E-state index contributed by atoms with van der Waals surface area (Å²) in [4.78, 5) is 0. The van der Waals surface area contributed by atoms with Crippen LogP contribution in [0.1, 0.15) is 97.8 Å². The molecular formula is C27H45NO3. The maximum absolute atomic E-state index is 11.5. The number of fused-ring (bicyclic) bond motifs is 5. The van der Waals surface area contributed by atoms with Gasteiger partial charge in [-0.1, -0.05) is 13.8 Å². The molecule has 4 fully saturated rings. The molecule has 0 heterocycles. The summed E-state index contributed by atoms with van der Waals surface area (Å²) in [6, 6.07) is 2.75. The van der Waals surface area contributed by atoms with Crippen molar-refractivity contribution in [3.63, 3.8) is 0 Å². The summed E-state index contributed by atoms with van der Waals surface area (Å²) in [7, 11) is 1.75. The second-order valence-corrected chi connectivity index (χ2v) is 12.4. The summed E-state index contributed by atoms with van der Waals surface area (Å²) in [5, 5.41) is 32.2. The molecule has 0 aromatic carbocycles. The molecule has 0 aromatic heterocycles. The second-order valence-electron chi connectivity index (χ2n) is 12.4. The predicted molar refractivity (Wildman–Crippen MR) is 122 cm³/mol. The number of methoxy groups -OCH3 is 1. The van der Waals surface area contributed by atoms with Crippen molar-refractivity contribution < 1.29 is 14.9 Å². The lowest BCUT2D eigenvalue weighted by atomic mass is 9.40. The first-order valence-corrected chi connectivity index (χ1v) is 12.9. The van der Waals surface area contributed by atoms with Crippen molar-refractivity contribution in [2.24, 2.45) is 39.9 Å². The van der Waals surface area contributed by atoms with Crippen molar-refractivity contribution in [2.75, 3.05) is 13.7 Å². The average molecular weight is 432 g/mol. The van der Waals surface area contributed by atoms with Crippen LogP contribution >= 0.6 is 0 Å². The van der Waals surface area contributed by atoms with E-state index in [0.717, 1.165) is 58.0 Å². The molecule has 9 atom stereocenters. The van der Waals surface area contributed by atoms with Gasteiger partial charge in [-0.2, -0.15) is 5.26 Å². The molecule has 0 aliphatic heterocycles. The molecule has 0 saturated heterocycles. The van der Waals surface area contributed by atoms with E-state index < -0.39 is 5.60 Å². The Morgan fingerprint density at radius 2 is 1.81 bits per heavy atom. The zero-order valence-electron chi connectivity index (χ0n) is 20.3. The molecule has 4 nitrogen and oxygen atoms in total. The number of aliphatic hydroxyl groups is 2. The molecular weight excluding hydrogens is 386 g/mol. The van der Waals surface area contributed by atoms with Crippen LogP contribution in [0.5, 0.6) is 0 Å². The van der Waals surface area contributed by atoms with E-state index in [4.69, 9.17) is 4.74 Å². The maximum atomic E-state index is 11.5. The van der Waals surface area contributed by atoms with Crippen LogP contribution in [0, 0.1) is 51.2 Å². The van der Waals surface area contributed by atoms with Crippen LogP contribution in [0.4, 0.5) is 0 Å². The molecule has 176 valence electrons. The third-order valence-electron chi connectivity index (χ3n) is 11.1. The van der Waals surface area contributed by atoms with Crippen molar-refractivity contribution in [1.82, 2.24) is 0 Å². The Hall–Kier alpha value is -0.630. The smallest absolute Gasteiger partial charge is 0.0696 e. The number of ether oxygens (including phenoxy) is 1. The number of hydrogen-bond donors (Lipinski definition) is 2. The van der Waals surface area contributed by atoms with Crippen LogP contribution in [0.2, 0.25) is 0 Å².